The van der Waals surface area contributed by atoms with Gasteiger partial charge in [0.2, 0.25) is 10.0 Å². The van der Waals surface area contributed by atoms with E-state index in [1.807, 2.05) is 0 Å². The molecule has 1 aromatic carbocycles. The van der Waals surface area contributed by atoms with Gasteiger partial charge in [-0.05, 0) is 44.0 Å². The summed E-state index contributed by atoms with van der Waals surface area (Å²) in [5, 5.41) is 2.89. The summed E-state index contributed by atoms with van der Waals surface area (Å²) in [6.45, 7) is 5.79. The Morgan fingerprint density at radius 2 is 1.86 bits per heavy atom. The molecule has 2 fully saturated rings. The molecule has 162 valence electrons. The molecule has 0 aromatic heterocycles. The van der Waals surface area contributed by atoms with Crippen molar-refractivity contribution < 1.29 is 22.7 Å². The number of nitrogens with zero attached hydrogens (tertiary/aromatic N) is 2. The van der Waals surface area contributed by atoms with Gasteiger partial charge in [0.05, 0.1) is 30.8 Å². The first-order chi connectivity index (χ1) is 14.0. The molecule has 0 spiro atoms. The highest BCUT2D eigenvalue weighted by molar-refractivity contribution is 7.89. The first kappa shape index (κ1) is 22.0. The minimum absolute atomic E-state index is 0.138. The summed E-state index contributed by atoms with van der Waals surface area (Å²) in [4.78, 5) is 15.1. The fraction of sp³-hybridized carbons (Fsp3) is 0.650. The van der Waals surface area contributed by atoms with Gasteiger partial charge in [-0.2, -0.15) is 4.31 Å². The van der Waals surface area contributed by atoms with Crippen molar-refractivity contribution in [2.45, 2.75) is 30.6 Å². The van der Waals surface area contributed by atoms with Crippen LogP contribution in [0.25, 0.3) is 0 Å². The number of hydrogen-bond acceptors (Lipinski definition) is 6. The highest BCUT2D eigenvalue weighted by Gasteiger charge is 2.27. The molecule has 0 atom stereocenters. The van der Waals surface area contributed by atoms with Gasteiger partial charge in [0.1, 0.15) is 5.75 Å². The number of amides is 1. The molecule has 1 N–H and O–H groups in total. The summed E-state index contributed by atoms with van der Waals surface area (Å²) in [6, 6.07) is 4.50. The number of methoxy groups -OCH3 is 1. The maximum absolute atomic E-state index is 12.9. The van der Waals surface area contributed by atoms with E-state index in [2.05, 4.69) is 10.2 Å². The maximum Gasteiger partial charge on any atom is 0.255 e. The van der Waals surface area contributed by atoms with E-state index in [9.17, 15) is 13.2 Å². The Balaban J connectivity index is 1.63. The topological polar surface area (TPSA) is 88.2 Å². The van der Waals surface area contributed by atoms with E-state index in [1.54, 1.807) is 6.07 Å². The largest absolute Gasteiger partial charge is 0.496 e. The molecule has 2 heterocycles. The summed E-state index contributed by atoms with van der Waals surface area (Å²) in [7, 11) is -2.13. The fourth-order valence-corrected chi connectivity index (χ4v) is 5.25. The van der Waals surface area contributed by atoms with E-state index in [4.69, 9.17) is 9.47 Å². The van der Waals surface area contributed by atoms with Crippen LogP contribution in [-0.4, -0.2) is 83.1 Å². The molecular formula is C20H31N3O5S. The zero-order chi connectivity index (χ0) is 20.7. The minimum Gasteiger partial charge on any atom is -0.496 e. The Hall–Kier alpha value is -1.68. The predicted octanol–water partition coefficient (Wildman–Crippen LogP) is 1.32. The van der Waals surface area contributed by atoms with Crippen LogP contribution in [0, 0.1) is 0 Å². The van der Waals surface area contributed by atoms with E-state index in [-0.39, 0.29) is 16.4 Å². The zero-order valence-electron chi connectivity index (χ0n) is 17.1. The molecule has 2 saturated heterocycles. The van der Waals surface area contributed by atoms with Gasteiger partial charge in [0.25, 0.3) is 5.91 Å². The fourth-order valence-electron chi connectivity index (χ4n) is 3.70. The Labute approximate surface area is 173 Å². The number of morpholine rings is 1. The predicted molar refractivity (Wildman–Crippen MR) is 110 cm³/mol. The number of hydrogen-bond donors (Lipinski definition) is 1. The Bertz CT molecular complexity index is 787. The molecular weight excluding hydrogens is 394 g/mol. The van der Waals surface area contributed by atoms with Crippen LogP contribution in [0.1, 0.15) is 36.0 Å². The van der Waals surface area contributed by atoms with Crippen LogP contribution in [0.4, 0.5) is 0 Å². The van der Waals surface area contributed by atoms with Crippen LogP contribution < -0.4 is 10.1 Å². The molecule has 0 bridgehead atoms. The van der Waals surface area contributed by atoms with Crippen molar-refractivity contribution in [2.24, 2.45) is 0 Å². The molecule has 3 rings (SSSR count). The molecule has 2 aliphatic heterocycles. The van der Waals surface area contributed by atoms with Gasteiger partial charge in [-0.25, -0.2) is 8.42 Å². The van der Waals surface area contributed by atoms with Gasteiger partial charge in [-0.15, -0.1) is 0 Å². The normalized spacial score (nSPS) is 19.1. The molecule has 0 saturated carbocycles. The second kappa shape index (κ2) is 10.4. The summed E-state index contributed by atoms with van der Waals surface area (Å²) in [5.41, 5.74) is 0.247. The van der Waals surface area contributed by atoms with E-state index in [1.165, 1.54) is 23.5 Å². The van der Waals surface area contributed by atoms with E-state index in [0.717, 1.165) is 58.5 Å². The van der Waals surface area contributed by atoms with Gasteiger partial charge >= 0.3 is 0 Å². The lowest BCUT2D eigenvalue weighted by molar-refractivity contribution is 0.0374. The number of sulfonamides is 1. The third-order valence-electron chi connectivity index (χ3n) is 5.41. The highest BCUT2D eigenvalue weighted by Crippen LogP contribution is 2.26. The Morgan fingerprint density at radius 1 is 1.14 bits per heavy atom. The Morgan fingerprint density at radius 3 is 2.55 bits per heavy atom. The summed E-state index contributed by atoms with van der Waals surface area (Å²) < 4.78 is 38.0. The van der Waals surface area contributed by atoms with Crippen molar-refractivity contribution >= 4 is 15.9 Å². The zero-order valence-corrected chi connectivity index (χ0v) is 17.9. The molecule has 2 aliphatic rings. The van der Waals surface area contributed by atoms with Crippen LogP contribution in [0.2, 0.25) is 0 Å². The van der Waals surface area contributed by atoms with Crippen molar-refractivity contribution in [1.29, 1.82) is 0 Å². The lowest BCUT2D eigenvalue weighted by Gasteiger charge is -2.26. The first-order valence-corrected chi connectivity index (χ1v) is 11.7. The lowest BCUT2D eigenvalue weighted by Crippen LogP contribution is -2.38. The molecule has 8 nitrogen and oxygen atoms in total. The number of rotatable bonds is 8. The second-order valence-electron chi connectivity index (χ2n) is 7.39. The monoisotopic (exact) mass is 425 g/mol. The molecule has 9 heteroatoms. The van der Waals surface area contributed by atoms with Crippen molar-refractivity contribution in [3.05, 3.63) is 23.8 Å². The summed E-state index contributed by atoms with van der Waals surface area (Å²) in [5.74, 6) is 0.0489. The van der Waals surface area contributed by atoms with Crippen LogP contribution in [0.15, 0.2) is 23.1 Å². The molecule has 1 aromatic rings. The number of ether oxygens (including phenoxy) is 2. The van der Waals surface area contributed by atoms with E-state index < -0.39 is 10.0 Å². The first-order valence-electron chi connectivity index (χ1n) is 10.3. The third kappa shape index (κ3) is 5.69. The lowest BCUT2D eigenvalue weighted by atomic mass is 10.2. The van der Waals surface area contributed by atoms with Gasteiger partial charge < -0.3 is 14.8 Å². The van der Waals surface area contributed by atoms with E-state index >= 15 is 0 Å². The number of benzene rings is 1. The molecule has 1 amide bonds. The van der Waals surface area contributed by atoms with Crippen molar-refractivity contribution in [3.63, 3.8) is 0 Å². The molecule has 0 radical (unpaired) electrons. The number of carbonyl (C=O) groups is 1. The summed E-state index contributed by atoms with van der Waals surface area (Å²) >= 11 is 0. The van der Waals surface area contributed by atoms with Crippen molar-refractivity contribution in [2.75, 3.05) is 59.6 Å². The van der Waals surface area contributed by atoms with Gasteiger partial charge in [0.15, 0.2) is 0 Å². The smallest absolute Gasteiger partial charge is 0.255 e. The molecule has 29 heavy (non-hydrogen) atoms. The number of nitrogens with one attached hydrogen (secondary N) is 1. The van der Waals surface area contributed by atoms with Crippen molar-refractivity contribution in [3.8, 4) is 5.75 Å². The average molecular weight is 426 g/mol. The maximum atomic E-state index is 12.9. The highest BCUT2D eigenvalue weighted by atomic mass is 32.2. The summed E-state index contributed by atoms with van der Waals surface area (Å²) in [6.07, 6.45) is 3.60. The molecule has 0 aliphatic carbocycles. The average Bonchev–Trinajstić information content (AvgIpc) is 2.77. The van der Waals surface area contributed by atoms with E-state index in [0.29, 0.717) is 25.4 Å². The Kier molecular flexibility index (Phi) is 7.88. The van der Waals surface area contributed by atoms with Crippen LogP contribution in [0.3, 0.4) is 0 Å². The van der Waals surface area contributed by atoms with Crippen LogP contribution in [-0.2, 0) is 14.8 Å². The number of piperidine rings is 1. The quantitative estimate of drug-likeness (QED) is 0.632. The van der Waals surface area contributed by atoms with Crippen molar-refractivity contribution in [1.82, 2.24) is 14.5 Å². The van der Waals surface area contributed by atoms with Gasteiger partial charge in [0, 0.05) is 32.7 Å². The van der Waals surface area contributed by atoms with Crippen LogP contribution in [0.5, 0.6) is 5.75 Å². The van der Waals surface area contributed by atoms with Crippen LogP contribution >= 0.6 is 0 Å². The van der Waals surface area contributed by atoms with Gasteiger partial charge in [-0.3, -0.25) is 9.69 Å². The molecule has 0 unspecified atom stereocenters. The second-order valence-corrected chi connectivity index (χ2v) is 9.33. The third-order valence-corrected chi connectivity index (χ3v) is 7.30. The number of carbonyl (C=O) groups excluding carboxylic acids is 1. The SMILES string of the molecule is COc1ccc(S(=O)(=O)N2CCCCC2)cc1C(=O)NCCCN1CCOCC1. The van der Waals surface area contributed by atoms with Gasteiger partial charge in [-0.1, -0.05) is 6.42 Å². The standard InChI is InChI=1S/C20H31N3O5S/c1-27-19-7-6-17(29(25,26)23-10-3-2-4-11-23)16-18(19)20(24)21-8-5-9-22-12-14-28-15-13-22/h6-7,16H,2-5,8-15H2,1H3,(H,21,24). The minimum atomic E-state index is -3.60.